The zero-order chi connectivity index (χ0) is 11.4. The van der Waals surface area contributed by atoms with Gasteiger partial charge < -0.3 is 9.47 Å². The molecule has 16 heavy (non-hydrogen) atoms. The Morgan fingerprint density at radius 2 is 2.06 bits per heavy atom. The van der Waals surface area contributed by atoms with Crippen molar-refractivity contribution in [1.82, 2.24) is 0 Å². The number of rotatable bonds is 4. The van der Waals surface area contributed by atoms with E-state index in [2.05, 4.69) is 0 Å². The molecule has 0 radical (unpaired) electrons. The van der Waals surface area contributed by atoms with Crippen molar-refractivity contribution in [2.45, 2.75) is 31.8 Å². The lowest BCUT2D eigenvalue weighted by molar-refractivity contribution is 0.111. The Bertz CT molecular complexity index is 367. The number of benzene rings is 1. The van der Waals surface area contributed by atoms with Crippen LogP contribution in [-0.2, 0) is 0 Å². The molecule has 0 aromatic heterocycles. The molecular weight excluding hydrogens is 204 g/mol. The van der Waals surface area contributed by atoms with Crippen molar-refractivity contribution in [2.75, 3.05) is 7.11 Å². The molecule has 3 nitrogen and oxygen atoms in total. The van der Waals surface area contributed by atoms with Gasteiger partial charge in [-0.25, -0.2) is 0 Å². The standard InChI is InChI=1S/C13H16O3/c1-15-13-7-6-12(8-10(13)9-14)16-11-4-2-3-5-11/h6-9,11H,2-5H2,1H3. The van der Waals surface area contributed by atoms with Crippen LogP contribution in [0.1, 0.15) is 36.0 Å². The van der Waals surface area contributed by atoms with E-state index in [1.807, 2.05) is 6.07 Å². The number of hydrogen-bond acceptors (Lipinski definition) is 3. The van der Waals surface area contributed by atoms with Crippen molar-refractivity contribution in [3.63, 3.8) is 0 Å². The summed E-state index contributed by atoms with van der Waals surface area (Å²) < 4.78 is 10.9. The van der Waals surface area contributed by atoms with Crippen LogP contribution in [0.2, 0.25) is 0 Å². The highest BCUT2D eigenvalue weighted by atomic mass is 16.5. The van der Waals surface area contributed by atoms with Crippen LogP contribution in [0.25, 0.3) is 0 Å². The molecule has 1 aromatic rings. The highest BCUT2D eigenvalue weighted by molar-refractivity contribution is 5.80. The number of hydrogen-bond donors (Lipinski definition) is 0. The Balaban J connectivity index is 2.12. The summed E-state index contributed by atoms with van der Waals surface area (Å²) in [5, 5.41) is 0. The highest BCUT2D eigenvalue weighted by Crippen LogP contribution is 2.27. The monoisotopic (exact) mass is 220 g/mol. The van der Waals surface area contributed by atoms with Crippen LogP contribution >= 0.6 is 0 Å². The summed E-state index contributed by atoms with van der Waals surface area (Å²) >= 11 is 0. The van der Waals surface area contributed by atoms with E-state index in [1.165, 1.54) is 12.8 Å². The van der Waals surface area contributed by atoms with Gasteiger partial charge in [0.2, 0.25) is 0 Å². The van der Waals surface area contributed by atoms with Crippen LogP contribution in [0.3, 0.4) is 0 Å². The van der Waals surface area contributed by atoms with E-state index in [-0.39, 0.29) is 0 Å². The van der Waals surface area contributed by atoms with Gasteiger partial charge >= 0.3 is 0 Å². The van der Waals surface area contributed by atoms with Gasteiger partial charge in [0, 0.05) is 0 Å². The third-order valence-corrected chi connectivity index (χ3v) is 2.93. The highest BCUT2D eigenvalue weighted by Gasteiger charge is 2.16. The molecule has 0 N–H and O–H groups in total. The lowest BCUT2D eigenvalue weighted by Gasteiger charge is -2.14. The van der Waals surface area contributed by atoms with Gasteiger partial charge in [0.25, 0.3) is 0 Å². The van der Waals surface area contributed by atoms with Crippen molar-refractivity contribution < 1.29 is 14.3 Å². The average molecular weight is 220 g/mol. The number of methoxy groups -OCH3 is 1. The maximum atomic E-state index is 10.8. The fourth-order valence-electron chi connectivity index (χ4n) is 2.08. The summed E-state index contributed by atoms with van der Waals surface area (Å²) in [5.74, 6) is 1.35. The topological polar surface area (TPSA) is 35.5 Å². The summed E-state index contributed by atoms with van der Waals surface area (Å²) in [6.45, 7) is 0. The van der Waals surface area contributed by atoms with E-state index in [4.69, 9.17) is 9.47 Å². The van der Waals surface area contributed by atoms with Gasteiger partial charge in [0.05, 0.1) is 18.8 Å². The van der Waals surface area contributed by atoms with Gasteiger partial charge in [-0.05, 0) is 43.9 Å². The fraction of sp³-hybridized carbons (Fsp3) is 0.462. The third kappa shape index (κ3) is 2.35. The molecule has 0 heterocycles. The van der Waals surface area contributed by atoms with Gasteiger partial charge in [-0.1, -0.05) is 0 Å². The van der Waals surface area contributed by atoms with E-state index in [0.717, 1.165) is 24.9 Å². The first-order valence-electron chi connectivity index (χ1n) is 5.63. The van der Waals surface area contributed by atoms with Crippen LogP contribution in [-0.4, -0.2) is 19.5 Å². The predicted octanol–water partition coefficient (Wildman–Crippen LogP) is 2.83. The van der Waals surface area contributed by atoms with Crippen LogP contribution in [0.15, 0.2) is 18.2 Å². The molecule has 0 aliphatic heterocycles. The molecule has 0 spiro atoms. The Hall–Kier alpha value is -1.51. The summed E-state index contributed by atoms with van der Waals surface area (Å²) in [6, 6.07) is 5.36. The maximum Gasteiger partial charge on any atom is 0.153 e. The summed E-state index contributed by atoms with van der Waals surface area (Å²) in [4.78, 5) is 10.8. The van der Waals surface area contributed by atoms with E-state index in [9.17, 15) is 4.79 Å². The van der Waals surface area contributed by atoms with Gasteiger partial charge in [-0.2, -0.15) is 0 Å². The Morgan fingerprint density at radius 1 is 1.31 bits per heavy atom. The van der Waals surface area contributed by atoms with Crippen LogP contribution in [0.5, 0.6) is 11.5 Å². The minimum atomic E-state index is 0.313. The molecule has 1 saturated carbocycles. The molecule has 0 atom stereocenters. The molecular formula is C13H16O3. The largest absolute Gasteiger partial charge is 0.496 e. The molecule has 1 fully saturated rings. The lowest BCUT2D eigenvalue weighted by Crippen LogP contribution is -2.11. The summed E-state index contributed by atoms with van der Waals surface area (Å²) in [6.07, 6.45) is 5.81. The van der Waals surface area contributed by atoms with Crippen molar-refractivity contribution in [1.29, 1.82) is 0 Å². The summed E-state index contributed by atoms with van der Waals surface area (Å²) in [7, 11) is 1.56. The second kappa shape index (κ2) is 5.01. The van der Waals surface area contributed by atoms with Crippen molar-refractivity contribution in [3.8, 4) is 11.5 Å². The molecule has 0 bridgehead atoms. The molecule has 1 aliphatic rings. The quantitative estimate of drug-likeness (QED) is 0.732. The first-order valence-corrected chi connectivity index (χ1v) is 5.63. The van der Waals surface area contributed by atoms with Gasteiger partial charge in [0.15, 0.2) is 6.29 Å². The van der Waals surface area contributed by atoms with Crippen molar-refractivity contribution in [2.24, 2.45) is 0 Å². The molecule has 86 valence electrons. The fourth-order valence-corrected chi connectivity index (χ4v) is 2.08. The van der Waals surface area contributed by atoms with Crippen LogP contribution in [0.4, 0.5) is 0 Å². The Morgan fingerprint density at radius 3 is 2.69 bits per heavy atom. The zero-order valence-electron chi connectivity index (χ0n) is 9.44. The minimum absolute atomic E-state index is 0.313. The number of aldehydes is 1. The Labute approximate surface area is 95.4 Å². The second-order valence-electron chi connectivity index (χ2n) is 4.05. The maximum absolute atomic E-state index is 10.8. The normalized spacial score (nSPS) is 16.1. The molecule has 1 aromatic carbocycles. The number of carbonyl (C=O) groups excluding carboxylic acids is 1. The Kier molecular flexibility index (Phi) is 3.44. The van der Waals surface area contributed by atoms with E-state index in [1.54, 1.807) is 19.2 Å². The molecule has 1 aliphatic carbocycles. The lowest BCUT2D eigenvalue weighted by atomic mass is 10.2. The van der Waals surface area contributed by atoms with Crippen molar-refractivity contribution >= 4 is 6.29 Å². The predicted molar refractivity (Wildman–Crippen MR) is 61.3 cm³/mol. The SMILES string of the molecule is COc1ccc(OC2CCCC2)cc1C=O. The second-order valence-corrected chi connectivity index (χ2v) is 4.05. The van der Waals surface area contributed by atoms with E-state index >= 15 is 0 Å². The van der Waals surface area contributed by atoms with Gasteiger partial charge in [-0.15, -0.1) is 0 Å². The zero-order valence-corrected chi connectivity index (χ0v) is 9.44. The summed E-state index contributed by atoms with van der Waals surface area (Å²) in [5.41, 5.74) is 0.540. The molecule has 0 saturated heterocycles. The average Bonchev–Trinajstić information content (AvgIpc) is 2.81. The number of carbonyl (C=O) groups is 1. The van der Waals surface area contributed by atoms with E-state index < -0.39 is 0 Å². The van der Waals surface area contributed by atoms with Crippen molar-refractivity contribution in [3.05, 3.63) is 23.8 Å². The van der Waals surface area contributed by atoms with Crippen LogP contribution in [0, 0.1) is 0 Å². The first kappa shape index (κ1) is 11.0. The molecule has 3 heteroatoms. The molecule has 0 amide bonds. The molecule has 0 unspecified atom stereocenters. The van der Waals surface area contributed by atoms with Crippen LogP contribution < -0.4 is 9.47 Å². The van der Waals surface area contributed by atoms with Gasteiger partial charge in [0.1, 0.15) is 11.5 Å². The smallest absolute Gasteiger partial charge is 0.153 e. The van der Waals surface area contributed by atoms with Gasteiger partial charge in [-0.3, -0.25) is 4.79 Å². The first-order chi connectivity index (χ1) is 7.83. The third-order valence-electron chi connectivity index (χ3n) is 2.93. The van der Waals surface area contributed by atoms with E-state index in [0.29, 0.717) is 17.4 Å². The number of ether oxygens (including phenoxy) is 2. The molecule has 2 rings (SSSR count). The minimum Gasteiger partial charge on any atom is -0.496 e.